The molecule has 0 aliphatic heterocycles. The monoisotopic (exact) mass is 304 g/mol. The first-order chi connectivity index (χ1) is 8.43. The Kier molecular flexibility index (Phi) is 17.1. The second-order valence-corrected chi connectivity index (χ2v) is 2.62. The van der Waals surface area contributed by atoms with E-state index >= 15 is 0 Å². The van der Waals surface area contributed by atoms with Crippen molar-refractivity contribution in [3.8, 4) is 0 Å². The average Bonchev–Trinajstić information content (AvgIpc) is 2.38. The summed E-state index contributed by atoms with van der Waals surface area (Å²) in [7, 11) is -2.31. The molecular weight excluding hydrogens is 298 g/mol. The van der Waals surface area contributed by atoms with Gasteiger partial charge in [0.15, 0.2) is 0 Å². The van der Waals surface area contributed by atoms with E-state index < -0.39 is 19.3 Å². The Balaban J connectivity index is -0.000000361. The van der Waals surface area contributed by atoms with Gasteiger partial charge in [-0.3, -0.25) is 10.1 Å². The van der Waals surface area contributed by atoms with Gasteiger partial charge >= 0.3 is 65.9 Å². The van der Waals surface area contributed by atoms with Gasteiger partial charge in [-0.2, -0.15) is 0 Å². The van der Waals surface area contributed by atoms with Gasteiger partial charge in [-0.25, -0.2) is 4.79 Å². The first kappa shape index (κ1) is 24.8. The predicted molar refractivity (Wildman–Crippen MR) is 53.6 cm³/mol. The zero-order valence-corrected chi connectivity index (χ0v) is 13.8. The van der Waals surface area contributed by atoms with Crippen LogP contribution in [0.1, 0.15) is 20.7 Å². The number of carbonyl (C=O) groups is 2. The maximum Gasteiger partial charge on any atom is 2.00 e. The molecule has 1 aromatic carbocycles. The van der Waals surface area contributed by atoms with E-state index in [2.05, 4.69) is 9.69 Å². The topological polar surface area (TPSA) is 162 Å². The molecule has 0 unspecified atom stereocenters. The Labute approximate surface area is 151 Å². The van der Waals surface area contributed by atoms with E-state index in [-0.39, 0.29) is 63.7 Å². The van der Waals surface area contributed by atoms with Crippen LogP contribution >= 0.6 is 0 Å². The number of carboxylic acids is 1. The molecule has 0 radical (unpaired) electrons. The van der Waals surface area contributed by atoms with Crippen LogP contribution in [-0.2, 0) is 9.69 Å². The minimum Gasteiger partial charge on any atom is -0.830 e. The summed E-state index contributed by atoms with van der Waals surface area (Å²) in [6.45, 7) is 0. The van der Waals surface area contributed by atoms with Crippen molar-refractivity contribution in [2.24, 2.45) is 0 Å². The van der Waals surface area contributed by atoms with Crippen molar-refractivity contribution in [3.63, 3.8) is 0 Å². The van der Waals surface area contributed by atoms with Gasteiger partial charge in [0, 0.05) is 5.56 Å². The van der Waals surface area contributed by atoms with E-state index in [0.717, 1.165) is 6.07 Å². The largest absolute Gasteiger partial charge is 2.00 e. The molecule has 1 aromatic rings. The molecule has 0 spiro atoms. The van der Waals surface area contributed by atoms with Crippen LogP contribution in [0.5, 0.6) is 0 Å². The van der Waals surface area contributed by atoms with Gasteiger partial charge < -0.3 is 30.1 Å². The van der Waals surface area contributed by atoms with Crippen molar-refractivity contribution in [3.05, 3.63) is 35.4 Å². The summed E-state index contributed by atoms with van der Waals surface area (Å²) in [4.78, 5) is 27.0. The number of benzene rings is 1. The summed E-state index contributed by atoms with van der Waals surface area (Å²) in [6, 6.07) is 5.15. The normalized spacial score (nSPS) is 8.00. The maximum atomic E-state index is 10.7. The summed E-state index contributed by atoms with van der Waals surface area (Å²) in [5.41, 5.74) is -0.666. The number of aromatic carboxylic acids is 1. The average molecular weight is 304 g/mol. The van der Waals surface area contributed by atoms with Crippen molar-refractivity contribution in [2.45, 2.75) is 0 Å². The Bertz CT molecular complexity index is 417. The third-order valence-corrected chi connectivity index (χ3v) is 1.53. The van der Waals surface area contributed by atoms with Gasteiger partial charge in [-0.05, 0) is 6.07 Å². The molecule has 0 aliphatic carbocycles. The first-order valence-electron chi connectivity index (χ1n) is 4.22. The van der Waals surface area contributed by atoms with Crippen molar-refractivity contribution in [2.75, 3.05) is 0 Å². The van der Waals surface area contributed by atoms with Crippen LogP contribution in [0, 0.1) is 0 Å². The number of carboxylic acid groups (broad SMARTS) is 1. The fraction of sp³-hybridized carbons (Fsp3) is 0. The summed E-state index contributed by atoms with van der Waals surface area (Å²) in [5.74, 6) is -2.76. The van der Waals surface area contributed by atoms with Crippen molar-refractivity contribution in [1.82, 2.24) is 0 Å². The number of hydrogen-bond acceptors (Lipinski definition) is 9. The standard InChI is InChI=1S/C8H6O5.BH2O4.Mg.Na/c9-7(10)5-3-1-2-4-6(5)8(11)13-12;2-1(3)5-4;;/h1-4,12H,(H,9,10);2,4H;;/q;-1;+2;+1/p-2. The fourth-order valence-electron chi connectivity index (χ4n) is 0.884. The van der Waals surface area contributed by atoms with Gasteiger partial charge in [0.2, 0.25) is 0 Å². The summed E-state index contributed by atoms with van der Waals surface area (Å²) in [5, 5.41) is 43.6. The molecule has 0 saturated carbocycles. The van der Waals surface area contributed by atoms with Crippen LogP contribution in [0.25, 0.3) is 0 Å². The van der Waals surface area contributed by atoms with Gasteiger partial charge in [0.05, 0.1) is 11.5 Å². The van der Waals surface area contributed by atoms with Crippen molar-refractivity contribution < 1.29 is 74.5 Å². The molecular formula is C8H6BMgNaO9. The summed E-state index contributed by atoms with van der Waals surface area (Å²) < 4.78 is 0. The molecule has 0 amide bonds. The molecule has 0 fully saturated rings. The van der Waals surface area contributed by atoms with Crippen LogP contribution in [-0.4, -0.2) is 52.6 Å². The van der Waals surface area contributed by atoms with Crippen LogP contribution in [0.2, 0.25) is 0 Å². The maximum absolute atomic E-state index is 10.7. The Morgan fingerprint density at radius 2 is 1.60 bits per heavy atom. The molecule has 98 valence electrons. The smallest absolute Gasteiger partial charge is 0.830 e. The molecule has 20 heavy (non-hydrogen) atoms. The van der Waals surface area contributed by atoms with E-state index in [1.807, 2.05) is 0 Å². The number of hydrogen-bond donors (Lipinski definition) is 2. The van der Waals surface area contributed by atoms with E-state index in [0.29, 0.717) is 0 Å². The van der Waals surface area contributed by atoms with Crippen LogP contribution in [0.3, 0.4) is 0 Å². The Morgan fingerprint density at radius 1 is 1.20 bits per heavy atom. The molecule has 0 aliphatic rings. The van der Waals surface area contributed by atoms with Crippen LogP contribution < -0.4 is 44.9 Å². The first-order valence-corrected chi connectivity index (χ1v) is 4.22. The summed E-state index contributed by atoms with van der Waals surface area (Å²) in [6.07, 6.45) is 0. The SMILES string of the molecule is O=C([O-])c1ccccc1C(=O)O[O-].[Mg+2].[Na+].[O-]B(O)OO. The molecule has 0 aromatic heterocycles. The number of rotatable bonds is 3. The van der Waals surface area contributed by atoms with Gasteiger partial charge in [-0.15, -0.1) is 0 Å². The van der Waals surface area contributed by atoms with Gasteiger partial charge in [0.25, 0.3) is 0 Å². The second kappa shape index (κ2) is 13.8. The van der Waals surface area contributed by atoms with Gasteiger partial charge in [0.1, 0.15) is 0 Å². The predicted octanol–water partition coefficient (Wildman–Crippen LogP) is -7.08. The van der Waals surface area contributed by atoms with E-state index in [4.69, 9.17) is 15.3 Å². The quantitative estimate of drug-likeness (QED) is 0.314. The molecule has 12 heteroatoms. The zero-order chi connectivity index (χ0) is 14.1. The molecule has 2 N–H and O–H groups in total. The third-order valence-electron chi connectivity index (χ3n) is 1.53. The third kappa shape index (κ3) is 9.66. The molecule has 0 heterocycles. The Morgan fingerprint density at radius 3 is 1.90 bits per heavy atom. The number of carbonyl (C=O) groups excluding carboxylic acids is 2. The Hall–Kier alpha value is -0.209. The van der Waals surface area contributed by atoms with Crippen molar-refractivity contribution >= 4 is 42.3 Å². The van der Waals surface area contributed by atoms with E-state index in [1.54, 1.807) is 0 Å². The fourth-order valence-corrected chi connectivity index (χ4v) is 0.884. The molecule has 0 bridgehead atoms. The van der Waals surface area contributed by atoms with Crippen molar-refractivity contribution in [1.29, 1.82) is 0 Å². The minimum absolute atomic E-state index is 0. The molecule has 0 saturated heterocycles. The molecule has 0 atom stereocenters. The van der Waals surface area contributed by atoms with Crippen LogP contribution in [0.4, 0.5) is 0 Å². The zero-order valence-electron chi connectivity index (χ0n) is 10.3. The van der Waals surface area contributed by atoms with E-state index in [1.165, 1.54) is 18.2 Å². The van der Waals surface area contributed by atoms with Crippen LogP contribution in [0.15, 0.2) is 24.3 Å². The summed E-state index contributed by atoms with van der Waals surface area (Å²) >= 11 is 0. The second-order valence-electron chi connectivity index (χ2n) is 2.62. The minimum atomic E-state index is -2.31. The van der Waals surface area contributed by atoms with E-state index in [9.17, 15) is 20.0 Å². The molecule has 1 rings (SSSR count). The van der Waals surface area contributed by atoms with Gasteiger partial charge in [-0.1, -0.05) is 18.2 Å². The molecule has 9 nitrogen and oxygen atoms in total.